The van der Waals surface area contributed by atoms with Crippen molar-refractivity contribution in [1.29, 1.82) is 0 Å². The fourth-order valence-electron chi connectivity index (χ4n) is 2.97. The van der Waals surface area contributed by atoms with Crippen molar-refractivity contribution in [2.75, 3.05) is 12.4 Å². The Labute approximate surface area is 167 Å². The van der Waals surface area contributed by atoms with E-state index >= 15 is 0 Å². The van der Waals surface area contributed by atoms with E-state index in [2.05, 4.69) is 10.3 Å². The van der Waals surface area contributed by atoms with Gasteiger partial charge in [-0.1, -0.05) is 18.2 Å². The Balaban J connectivity index is 1.45. The molecule has 0 aliphatic carbocycles. The van der Waals surface area contributed by atoms with Crippen molar-refractivity contribution in [2.45, 2.75) is 19.9 Å². The van der Waals surface area contributed by atoms with Crippen LogP contribution >= 0.6 is 11.3 Å². The van der Waals surface area contributed by atoms with Crippen molar-refractivity contribution in [3.05, 3.63) is 71.4 Å². The molecular weight excluding hydrogens is 370 g/mol. The van der Waals surface area contributed by atoms with Gasteiger partial charge in [-0.2, -0.15) is 0 Å². The summed E-state index contributed by atoms with van der Waals surface area (Å²) < 4.78 is 5.89. The third-order valence-corrected chi connectivity index (χ3v) is 5.77. The van der Waals surface area contributed by atoms with Crippen LogP contribution in [-0.2, 0) is 0 Å². The Morgan fingerprint density at radius 2 is 1.93 bits per heavy atom. The van der Waals surface area contributed by atoms with Crippen LogP contribution in [0.1, 0.15) is 24.4 Å². The van der Waals surface area contributed by atoms with Crippen LogP contribution in [0.5, 0.6) is 0 Å². The van der Waals surface area contributed by atoms with E-state index in [1.807, 2.05) is 73.8 Å². The number of amides is 2. The summed E-state index contributed by atoms with van der Waals surface area (Å²) in [6.07, 6.45) is 0. The average molecular weight is 391 g/mol. The topological polar surface area (TPSA) is 58.4 Å². The van der Waals surface area contributed by atoms with E-state index in [4.69, 9.17) is 4.42 Å². The van der Waals surface area contributed by atoms with E-state index in [0.717, 1.165) is 38.7 Å². The predicted molar refractivity (Wildman–Crippen MR) is 114 cm³/mol. The van der Waals surface area contributed by atoms with Crippen LogP contribution in [0.25, 0.3) is 21.5 Å². The number of fused-ring (bicyclic) bond motifs is 1. The second-order valence-electron chi connectivity index (χ2n) is 6.78. The number of nitrogens with one attached hydrogen (secondary N) is 1. The second kappa shape index (κ2) is 7.48. The van der Waals surface area contributed by atoms with Crippen molar-refractivity contribution in [3.63, 3.8) is 0 Å². The molecule has 1 atom stereocenters. The lowest BCUT2D eigenvalue weighted by atomic mass is 10.2. The highest BCUT2D eigenvalue weighted by Gasteiger charge is 2.21. The molecule has 0 radical (unpaired) electrons. The zero-order chi connectivity index (χ0) is 19.7. The molecule has 2 aromatic heterocycles. The van der Waals surface area contributed by atoms with Crippen LogP contribution < -0.4 is 5.32 Å². The number of para-hydroxylation sites is 1. The molecule has 4 aromatic rings. The summed E-state index contributed by atoms with van der Waals surface area (Å²) in [5, 5.41) is 6.98. The fourth-order valence-corrected chi connectivity index (χ4v) is 3.77. The lowest BCUT2D eigenvalue weighted by molar-refractivity contribution is 0.201. The summed E-state index contributed by atoms with van der Waals surface area (Å²) >= 11 is 1.61. The summed E-state index contributed by atoms with van der Waals surface area (Å²) in [4.78, 5) is 18.8. The van der Waals surface area contributed by atoms with Crippen LogP contribution in [-0.4, -0.2) is 23.0 Å². The maximum absolute atomic E-state index is 12.7. The highest BCUT2D eigenvalue weighted by atomic mass is 32.1. The van der Waals surface area contributed by atoms with E-state index in [0.29, 0.717) is 0 Å². The van der Waals surface area contributed by atoms with Gasteiger partial charge in [-0.25, -0.2) is 9.78 Å². The quantitative estimate of drug-likeness (QED) is 0.458. The summed E-state index contributed by atoms with van der Waals surface area (Å²) in [6.45, 7) is 3.93. The molecule has 0 fully saturated rings. The Morgan fingerprint density at radius 1 is 1.18 bits per heavy atom. The van der Waals surface area contributed by atoms with Gasteiger partial charge in [0.25, 0.3) is 0 Å². The number of carbonyl (C=O) groups excluding carboxylic acids is 1. The van der Waals surface area contributed by atoms with Gasteiger partial charge in [0, 0.05) is 34.8 Å². The molecule has 0 aliphatic heterocycles. The Bertz CT molecular complexity index is 1080. The Kier molecular flexibility index (Phi) is 4.88. The number of benzene rings is 2. The number of carbonyl (C=O) groups is 1. The molecule has 0 unspecified atom stereocenters. The van der Waals surface area contributed by atoms with E-state index < -0.39 is 0 Å². The summed E-state index contributed by atoms with van der Waals surface area (Å²) in [7, 11) is 1.76. The first-order valence-electron chi connectivity index (χ1n) is 9.06. The van der Waals surface area contributed by atoms with Crippen molar-refractivity contribution in [3.8, 4) is 10.6 Å². The van der Waals surface area contributed by atoms with Gasteiger partial charge in [0.2, 0.25) is 0 Å². The molecule has 0 bridgehead atoms. The van der Waals surface area contributed by atoms with Crippen molar-refractivity contribution in [1.82, 2.24) is 9.88 Å². The molecule has 0 saturated heterocycles. The molecule has 2 amide bonds. The van der Waals surface area contributed by atoms with E-state index in [-0.39, 0.29) is 12.1 Å². The Morgan fingerprint density at radius 3 is 2.61 bits per heavy atom. The lowest BCUT2D eigenvalue weighted by Gasteiger charge is -2.23. The molecule has 0 aliphatic rings. The minimum absolute atomic E-state index is 0.189. The lowest BCUT2D eigenvalue weighted by Crippen LogP contribution is -2.33. The molecular formula is C22H21N3O2S. The number of urea groups is 1. The smallest absolute Gasteiger partial charge is 0.322 e. The molecule has 28 heavy (non-hydrogen) atoms. The number of hydrogen-bond donors (Lipinski definition) is 1. The normalized spacial score (nSPS) is 12.1. The minimum Gasteiger partial charge on any atom is -0.459 e. The molecule has 142 valence electrons. The summed E-state index contributed by atoms with van der Waals surface area (Å²) in [5.41, 5.74) is 3.62. The summed E-state index contributed by atoms with van der Waals surface area (Å²) in [6, 6.07) is 17.2. The Hall–Kier alpha value is -3.12. The number of aromatic nitrogens is 1. The zero-order valence-electron chi connectivity index (χ0n) is 16.0. The third kappa shape index (κ3) is 3.64. The largest absolute Gasteiger partial charge is 0.459 e. The number of rotatable bonds is 4. The monoisotopic (exact) mass is 391 g/mol. The van der Waals surface area contributed by atoms with Crippen LogP contribution in [0, 0.1) is 6.92 Å². The van der Waals surface area contributed by atoms with E-state index in [1.54, 1.807) is 23.3 Å². The molecule has 2 heterocycles. The van der Waals surface area contributed by atoms with Gasteiger partial charge in [-0.15, -0.1) is 11.3 Å². The highest BCUT2D eigenvalue weighted by molar-refractivity contribution is 7.13. The second-order valence-corrected chi connectivity index (χ2v) is 7.63. The molecule has 0 spiro atoms. The van der Waals surface area contributed by atoms with Crippen molar-refractivity contribution in [2.24, 2.45) is 0 Å². The highest BCUT2D eigenvalue weighted by Crippen LogP contribution is 2.28. The van der Waals surface area contributed by atoms with Crippen molar-refractivity contribution >= 4 is 34.0 Å². The minimum atomic E-state index is -0.190. The number of nitrogens with zero attached hydrogens (tertiary/aromatic N) is 2. The standard InChI is InChI=1S/C22H21N3O2S/c1-14-13-28-21(23-14)16-8-10-18(11-9-16)24-22(26)25(3)15(2)20-12-17-6-4-5-7-19(17)27-20/h4-13,15H,1-3H3,(H,24,26)/t15-/m1/s1. The van der Waals surface area contributed by atoms with Crippen LogP contribution in [0.4, 0.5) is 10.5 Å². The molecule has 5 nitrogen and oxygen atoms in total. The van der Waals surface area contributed by atoms with E-state index in [1.165, 1.54) is 0 Å². The maximum atomic E-state index is 12.7. The van der Waals surface area contributed by atoms with Crippen LogP contribution in [0.15, 0.2) is 64.4 Å². The molecule has 4 rings (SSSR count). The number of furan rings is 1. The van der Waals surface area contributed by atoms with Gasteiger partial charge in [-0.05, 0) is 50.2 Å². The van der Waals surface area contributed by atoms with Gasteiger partial charge < -0.3 is 14.6 Å². The molecule has 0 saturated carbocycles. The average Bonchev–Trinajstić information content (AvgIpc) is 3.33. The number of thiazole rings is 1. The van der Waals surface area contributed by atoms with Crippen LogP contribution in [0.3, 0.4) is 0 Å². The van der Waals surface area contributed by atoms with Gasteiger partial charge >= 0.3 is 6.03 Å². The van der Waals surface area contributed by atoms with Crippen molar-refractivity contribution < 1.29 is 9.21 Å². The van der Waals surface area contributed by atoms with Gasteiger partial charge in [0.15, 0.2) is 0 Å². The number of aryl methyl sites for hydroxylation is 1. The summed E-state index contributed by atoms with van der Waals surface area (Å²) in [5.74, 6) is 0.758. The number of hydrogen-bond acceptors (Lipinski definition) is 4. The first-order valence-corrected chi connectivity index (χ1v) is 9.94. The molecule has 1 N–H and O–H groups in total. The van der Waals surface area contributed by atoms with Crippen LogP contribution in [0.2, 0.25) is 0 Å². The number of anilines is 1. The SMILES string of the molecule is Cc1csc(-c2ccc(NC(=O)N(C)[C@H](C)c3cc4ccccc4o3)cc2)n1. The first-order chi connectivity index (χ1) is 13.5. The van der Waals surface area contributed by atoms with E-state index in [9.17, 15) is 4.79 Å². The molecule has 6 heteroatoms. The van der Waals surface area contributed by atoms with Gasteiger partial charge in [0.1, 0.15) is 16.4 Å². The fraction of sp³-hybridized carbons (Fsp3) is 0.182. The molecule has 2 aromatic carbocycles. The van der Waals surface area contributed by atoms with Gasteiger partial charge in [-0.3, -0.25) is 0 Å². The first kappa shape index (κ1) is 18.3. The van der Waals surface area contributed by atoms with Gasteiger partial charge in [0.05, 0.1) is 6.04 Å². The predicted octanol–water partition coefficient (Wildman–Crippen LogP) is 6.09. The third-order valence-electron chi connectivity index (χ3n) is 4.76. The maximum Gasteiger partial charge on any atom is 0.322 e. The zero-order valence-corrected chi connectivity index (χ0v) is 16.8.